The molecule has 0 bridgehead atoms. The van der Waals surface area contributed by atoms with Gasteiger partial charge in [0.15, 0.2) is 6.61 Å². The molecule has 0 unspecified atom stereocenters. The fourth-order valence-electron chi connectivity index (χ4n) is 2.94. The molecule has 3 heterocycles. The van der Waals surface area contributed by atoms with Crippen LogP contribution in [-0.2, 0) is 22.6 Å². The molecule has 2 N–H and O–H groups in total. The molecule has 8 heteroatoms. The number of nitrogens with one attached hydrogen (secondary N) is 2. The largest absolute Gasteiger partial charge is 0.484 e. The van der Waals surface area contributed by atoms with E-state index < -0.39 is 0 Å². The molecule has 0 saturated carbocycles. The molecule has 1 aromatic carbocycles. The fourth-order valence-corrected chi connectivity index (χ4v) is 3.11. The summed E-state index contributed by atoms with van der Waals surface area (Å²) in [5.74, 6) is 0.378. The highest BCUT2D eigenvalue weighted by atomic mass is 35.5. The van der Waals surface area contributed by atoms with E-state index in [2.05, 4.69) is 15.6 Å². The molecule has 4 rings (SSSR count). The number of rotatable bonds is 5. The van der Waals surface area contributed by atoms with Crippen LogP contribution in [0.15, 0.2) is 42.7 Å². The van der Waals surface area contributed by atoms with Gasteiger partial charge in [-0.1, -0.05) is 11.6 Å². The highest BCUT2D eigenvalue weighted by Gasteiger charge is 2.15. The van der Waals surface area contributed by atoms with Gasteiger partial charge in [-0.05, 0) is 42.3 Å². The van der Waals surface area contributed by atoms with Crippen LogP contribution in [0.1, 0.15) is 17.7 Å². The number of pyridine rings is 1. The van der Waals surface area contributed by atoms with Crippen molar-refractivity contribution in [3.63, 3.8) is 0 Å². The lowest BCUT2D eigenvalue weighted by Crippen LogP contribution is -2.28. The number of aromatic nitrogens is 2. The van der Waals surface area contributed by atoms with Crippen LogP contribution in [0.4, 0.5) is 5.69 Å². The number of hydrogen-bond donors (Lipinski definition) is 2. The van der Waals surface area contributed by atoms with Gasteiger partial charge in [0.05, 0.1) is 17.3 Å². The van der Waals surface area contributed by atoms with Crippen molar-refractivity contribution in [2.45, 2.75) is 19.4 Å². The zero-order valence-electron chi connectivity index (χ0n) is 14.4. The number of carbonyl (C=O) groups is 2. The highest BCUT2D eigenvalue weighted by Crippen LogP contribution is 2.26. The number of fused-ring (bicyclic) bond motifs is 2. The average Bonchev–Trinajstić information content (AvgIpc) is 3.06. The summed E-state index contributed by atoms with van der Waals surface area (Å²) < 4.78 is 7.37. The van der Waals surface area contributed by atoms with Crippen LogP contribution in [0, 0.1) is 0 Å². The van der Waals surface area contributed by atoms with Crippen molar-refractivity contribution in [1.82, 2.24) is 14.7 Å². The molecule has 27 heavy (non-hydrogen) atoms. The Labute approximate surface area is 160 Å². The number of nitrogens with zero attached hydrogens (tertiary/aromatic N) is 2. The van der Waals surface area contributed by atoms with E-state index in [1.165, 1.54) is 0 Å². The topological polar surface area (TPSA) is 84.7 Å². The molecule has 3 aromatic rings. The van der Waals surface area contributed by atoms with E-state index in [0.717, 1.165) is 22.6 Å². The average molecular weight is 385 g/mol. The summed E-state index contributed by atoms with van der Waals surface area (Å²) in [7, 11) is 0. The molecule has 2 amide bonds. The minimum atomic E-state index is -0.240. The van der Waals surface area contributed by atoms with Gasteiger partial charge < -0.3 is 19.8 Å². The zero-order chi connectivity index (χ0) is 18.8. The van der Waals surface area contributed by atoms with Gasteiger partial charge in [-0.15, -0.1) is 0 Å². The molecule has 0 radical (unpaired) electrons. The molecule has 2 aromatic heterocycles. The number of carbonyl (C=O) groups excluding carboxylic acids is 2. The summed E-state index contributed by atoms with van der Waals surface area (Å²) in [5, 5.41) is 6.22. The Kier molecular flexibility index (Phi) is 4.68. The number of imidazole rings is 1. The molecule has 0 saturated heterocycles. The Hall–Kier alpha value is -3.06. The Morgan fingerprint density at radius 2 is 2.15 bits per heavy atom. The summed E-state index contributed by atoms with van der Waals surface area (Å²) in [5.41, 5.74) is 3.31. The highest BCUT2D eigenvalue weighted by molar-refractivity contribution is 6.30. The van der Waals surface area contributed by atoms with E-state index in [4.69, 9.17) is 16.3 Å². The summed E-state index contributed by atoms with van der Waals surface area (Å²) in [6.07, 6.45) is 4.71. The Balaban J connectivity index is 1.31. The Bertz CT molecular complexity index is 1030. The third kappa shape index (κ3) is 4.03. The van der Waals surface area contributed by atoms with Gasteiger partial charge in [-0.2, -0.15) is 0 Å². The second kappa shape index (κ2) is 7.28. The lowest BCUT2D eigenvalue weighted by molar-refractivity contribution is -0.123. The van der Waals surface area contributed by atoms with Gasteiger partial charge in [0.2, 0.25) is 5.91 Å². The second-order valence-corrected chi connectivity index (χ2v) is 6.71. The predicted octanol–water partition coefficient (Wildman–Crippen LogP) is 2.57. The maximum Gasteiger partial charge on any atom is 0.258 e. The van der Waals surface area contributed by atoms with Crippen LogP contribution < -0.4 is 15.4 Å². The number of anilines is 1. The van der Waals surface area contributed by atoms with E-state index in [0.29, 0.717) is 30.2 Å². The zero-order valence-corrected chi connectivity index (χ0v) is 15.1. The van der Waals surface area contributed by atoms with Crippen molar-refractivity contribution in [1.29, 1.82) is 0 Å². The summed E-state index contributed by atoms with van der Waals surface area (Å²) >= 11 is 5.95. The molecule has 7 nitrogen and oxygen atoms in total. The summed E-state index contributed by atoms with van der Waals surface area (Å²) in [6, 6.07) is 8.97. The first-order valence-electron chi connectivity index (χ1n) is 8.52. The first kappa shape index (κ1) is 17.4. The number of amides is 2. The van der Waals surface area contributed by atoms with E-state index >= 15 is 0 Å². The van der Waals surface area contributed by atoms with Crippen LogP contribution in [0.2, 0.25) is 5.02 Å². The first-order valence-corrected chi connectivity index (χ1v) is 8.90. The van der Waals surface area contributed by atoms with Gasteiger partial charge in [0, 0.05) is 24.5 Å². The molecular weight excluding hydrogens is 368 g/mol. The lowest BCUT2D eigenvalue weighted by atomic mass is 10.0. The maximum atomic E-state index is 12.0. The van der Waals surface area contributed by atoms with Crippen molar-refractivity contribution in [2.24, 2.45) is 0 Å². The second-order valence-electron chi connectivity index (χ2n) is 6.28. The molecule has 1 aliphatic rings. The minimum Gasteiger partial charge on any atom is -0.484 e. The van der Waals surface area contributed by atoms with E-state index in [1.807, 2.05) is 22.7 Å². The van der Waals surface area contributed by atoms with E-state index in [9.17, 15) is 9.59 Å². The summed E-state index contributed by atoms with van der Waals surface area (Å²) in [4.78, 5) is 27.8. The third-order valence-corrected chi connectivity index (χ3v) is 4.50. The summed E-state index contributed by atoms with van der Waals surface area (Å²) in [6.45, 7) is 0.210. The normalized spacial score (nSPS) is 13.1. The molecule has 138 valence electrons. The maximum absolute atomic E-state index is 12.0. The Morgan fingerprint density at radius 1 is 1.26 bits per heavy atom. The van der Waals surface area contributed by atoms with E-state index in [-0.39, 0.29) is 18.4 Å². The number of hydrogen-bond acceptors (Lipinski definition) is 4. The molecular formula is C19H17ClN4O3. The molecule has 0 fully saturated rings. The smallest absolute Gasteiger partial charge is 0.258 e. The van der Waals surface area contributed by atoms with Crippen LogP contribution in [0.5, 0.6) is 5.75 Å². The van der Waals surface area contributed by atoms with Gasteiger partial charge in [0.25, 0.3) is 5.91 Å². The third-order valence-electron chi connectivity index (χ3n) is 4.27. The van der Waals surface area contributed by atoms with Crippen LogP contribution >= 0.6 is 11.6 Å². The predicted molar refractivity (Wildman–Crippen MR) is 101 cm³/mol. The number of halogens is 1. The minimum absolute atomic E-state index is 0.0183. The molecule has 0 spiro atoms. The monoisotopic (exact) mass is 384 g/mol. The standard InChI is InChI=1S/C19H17ClN4O3/c20-13-2-5-17-22-14(10-24(17)9-13)8-21-19(26)11-27-15-3-4-16-12(7-15)1-6-18(25)23-16/h2-5,7,9-10H,1,6,8,11H2,(H,21,26)(H,23,25). The van der Waals surface area contributed by atoms with Crippen LogP contribution in [0.3, 0.4) is 0 Å². The number of ether oxygens (including phenoxy) is 1. The number of aryl methyl sites for hydroxylation is 1. The van der Waals surface area contributed by atoms with E-state index in [1.54, 1.807) is 24.4 Å². The number of benzene rings is 1. The molecule has 1 aliphatic heterocycles. The Morgan fingerprint density at radius 3 is 3.04 bits per heavy atom. The van der Waals surface area contributed by atoms with Crippen molar-refractivity contribution in [3.8, 4) is 5.75 Å². The van der Waals surface area contributed by atoms with Crippen LogP contribution in [-0.4, -0.2) is 27.8 Å². The van der Waals surface area contributed by atoms with Crippen molar-refractivity contribution in [2.75, 3.05) is 11.9 Å². The van der Waals surface area contributed by atoms with Gasteiger partial charge in [0.1, 0.15) is 11.4 Å². The molecule has 0 aliphatic carbocycles. The lowest BCUT2D eigenvalue weighted by Gasteiger charge is -2.17. The molecule has 0 atom stereocenters. The van der Waals surface area contributed by atoms with Gasteiger partial charge >= 0.3 is 0 Å². The SMILES string of the molecule is O=C(COc1ccc2c(c1)CCC(=O)N2)NCc1cn2cc(Cl)ccc2n1. The quantitative estimate of drug-likeness (QED) is 0.708. The van der Waals surface area contributed by atoms with Gasteiger partial charge in [-0.25, -0.2) is 4.98 Å². The first-order chi connectivity index (χ1) is 13.1. The van der Waals surface area contributed by atoms with Crippen molar-refractivity contribution < 1.29 is 14.3 Å². The van der Waals surface area contributed by atoms with Gasteiger partial charge in [-0.3, -0.25) is 9.59 Å². The van der Waals surface area contributed by atoms with Crippen LogP contribution in [0.25, 0.3) is 5.65 Å². The fraction of sp³-hybridized carbons (Fsp3) is 0.211. The van der Waals surface area contributed by atoms with Crippen molar-refractivity contribution in [3.05, 3.63) is 59.0 Å². The van der Waals surface area contributed by atoms with Crippen molar-refractivity contribution >= 4 is 34.7 Å².